The molecule has 0 aliphatic carbocycles. The van der Waals surface area contributed by atoms with E-state index in [1.807, 2.05) is 54.6 Å². The molecule has 0 bridgehead atoms. The van der Waals surface area contributed by atoms with Gasteiger partial charge in [0, 0.05) is 16.3 Å². The molecular weight excluding hydrogens is 304 g/mol. The van der Waals surface area contributed by atoms with E-state index < -0.39 is 5.97 Å². The minimum Gasteiger partial charge on any atom is -0.465 e. The molecule has 2 heterocycles. The molecule has 0 aliphatic heterocycles. The van der Waals surface area contributed by atoms with E-state index in [4.69, 9.17) is 10.5 Å². The monoisotopic (exact) mass is 318 g/mol. The fraction of sp³-hybridized carbons (Fsp3) is 0.0556. The van der Waals surface area contributed by atoms with Crippen LogP contribution >= 0.6 is 0 Å². The van der Waals surface area contributed by atoms with Gasteiger partial charge in [0.2, 0.25) is 0 Å². The Morgan fingerprint density at radius 3 is 2.42 bits per heavy atom. The Morgan fingerprint density at radius 2 is 1.71 bits per heavy atom. The maximum Gasteiger partial charge on any atom is 0.342 e. The Bertz CT molecular complexity index is 1070. The highest BCUT2D eigenvalue weighted by Crippen LogP contribution is 2.33. The van der Waals surface area contributed by atoms with Crippen molar-refractivity contribution in [1.29, 1.82) is 0 Å². The standard InChI is InChI=1S/C18H14N4O2/c1-24-18(23)14-12-9-5-6-10-13(12)16-15(11-7-3-2-4-8-11)20-21-22(16)17(14)19/h2-10H,19H2,1H3. The maximum absolute atomic E-state index is 12.2. The second-order valence-corrected chi connectivity index (χ2v) is 5.36. The van der Waals surface area contributed by atoms with Crippen molar-refractivity contribution in [3.8, 4) is 11.3 Å². The summed E-state index contributed by atoms with van der Waals surface area (Å²) in [5.74, 6) is -0.285. The average Bonchev–Trinajstić information content (AvgIpc) is 3.08. The van der Waals surface area contributed by atoms with Gasteiger partial charge in [0.15, 0.2) is 0 Å². The number of fused-ring (bicyclic) bond motifs is 3. The van der Waals surface area contributed by atoms with Crippen molar-refractivity contribution < 1.29 is 9.53 Å². The summed E-state index contributed by atoms with van der Waals surface area (Å²) in [7, 11) is 1.33. The lowest BCUT2D eigenvalue weighted by Crippen LogP contribution is -2.11. The highest BCUT2D eigenvalue weighted by atomic mass is 16.5. The van der Waals surface area contributed by atoms with Crippen LogP contribution in [0.3, 0.4) is 0 Å². The number of carbonyl (C=O) groups excluding carboxylic acids is 1. The lowest BCUT2D eigenvalue weighted by Gasteiger charge is -2.11. The molecule has 6 heteroatoms. The largest absolute Gasteiger partial charge is 0.465 e. The molecule has 2 aromatic heterocycles. The van der Waals surface area contributed by atoms with Gasteiger partial charge in [-0.3, -0.25) is 0 Å². The number of nitrogens with zero attached hydrogens (tertiary/aromatic N) is 3. The van der Waals surface area contributed by atoms with Crippen LogP contribution in [-0.2, 0) is 4.74 Å². The summed E-state index contributed by atoms with van der Waals surface area (Å²) in [5, 5.41) is 10.00. The highest BCUT2D eigenvalue weighted by molar-refractivity contribution is 6.14. The number of nitrogens with two attached hydrogens (primary N) is 1. The number of aromatic nitrogens is 3. The van der Waals surface area contributed by atoms with E-state index in [-0.39, 0.29) is 5.82 Å². The lowest BCUT2D eigenvalue weighted by molar-refractivity contribution is 0.0603. The van der Waals surface area contributed by atoms with Crippen LogP contribution in [0, 0.1) is 0 Å². The van der Waals surface area contributed by atoms with Crippen molar-refractivity contribution in [3.05, 3.63) is 60.2 Å². The van der Waals surface area contributed by atoms with E-state index in [2.05, 4.69) is 10.3 Å². The molecule has 0 fully saturated rings. The number of esters is 1. The van der Waals surface area contributed by atoms with Crippen molar-refractivity contribution in [2.24, 2.45) is 0 Å². The van der Waals surface area contributed by atoms with Crippen LogP contribution < -0.4 is 5.73 Å². The Balaban J connectivity index is 2.18. The van der Waals surface area contributed by atoms with Crippen LogP contribution in [0.5, 0.6) is 0 Å². The molecule has 4 aromatic rings. The first-order chi connectivity index (χ1) is 11.7. The molecule has 0 amide bonds. The van der Waals surface area contributed by atoms with E-state index in [0.717, 1.165) is 22.2 Å². The Labute approximate surface area is 137 Å². The van der Waals surface area contributed by atoms with E-state index >= 15 is 0 Å². The lowest BCUT2D eigenvalue weighted by atomic mass is 10.0. The smallest absolute Gasteiger partial charge is 0.342 e. The summed E-state index contributed by atoms with van der Waals surface area (Å²) in [5.41, 5.74) is 8.93. The van der Waals surface area contributed by atoms with Gasteiger partial charge >= 0.3 is 5.97 Å². The summed E-state index contributed by atoms with van der Waals surface area (Å²) in [6.45, 7) is 0. The van der Waals surface area contributed by atoms with Crippen molar-refractivity contribution in [1.82, 2.24) is 14.8 Å². The molecule has 0 unspecified atom stereocenters. The molecule has 4 rings (SSSR count). The van der Waals surface area contributed by atoms with Gasteiger partial charge in [-0.1, -0.05) is 59.8 Å². The normalized spacial score (nSPS) is 11.0. The first-order valence-corrected chi connectivity index (χ1v) is 7.41. The molecule has 24 heavy (non-hydrogen) atoms. The number of pyridine rings is 1. The predicted octanol–water partition coefficient (Wildman–Crippen LogP) is 2.92. The zero-order valence-corrected chi connectivity index (χ0v) is 12.9. The SMILES string of the molecule is COC(=O)c1c(N)n2nnc(-c3ccccc3)c2c2ccccc12. The fourth-order valence-corrected chi connectivity index (χ4v) is 2.95. The van der Waals surface area contributed by atoms with Crippen molar-refractivity contribution >= 4 is 28.1 Å². The molecular formula is C18H14N4O2. The number of benzene rings is 2. The number of carbonyl (C=O) groups is 1. The zero-order valence-electron chi connectivity index (χ0n) is 12.9. The average molecular weight is 318 g/mol. The van der Waals surface area contributed by atoms with Crippen LogP contribution in [0.2, 0.25) is 0 Å². The predicted molar refractivity (Wildman–Crippen MR) is 91.7 cm³/mol. The number of ether oxygens (including phenoxy) is 1. The number of hydrogen-bond donors (Lipinski definition) is 1. The Morgan fingerprint density at radius 1 is 1.04 bits per heavy atom. The summed E-state index contributed by atoms with van der Waals surface area (Å²) in [4.78, 5) is 12.2. The molecule has 118 valence electrons. The molecule has 2 aromatic carbocycles. The number of anilines is 1. The minimum absolute atomic E-state index is 0.213. The second-order valence-electron chi connectivity index (χ2n) is 5.36. The van der Waals surface area contributed by atoms with Gasteiger partial charge in [0.25, 0.3) is 0 Å². The molecule has 6 nitrogen and oxygen atoms in total. The highest BCUT2D eigenvalue weighted by Gasteiger charge is 2.22. The summed E-state index contributed by atoms with van der Waals surface area (Å²) >= 11 is 0. The van der Waals surface area contributed by atoms with E-state index in [9.17, 15) is 4.79 Å². The third-order valence-electron chi connectivity index (χ3n) is 4.04. The first kappa shape index (κ1) is 14.2. The van der Waals surface area contributed by atoms with Gasteiger partial charge in [-0.2, -0.15) is 4.52 Å². The van der Waals surface area contributed by atoms with Crippen molar-refractivity contribution in [2.75, 3.05) is 12.8 Å². The van der Waals surface area contributed by atoms with E-state index in [1.165, 1.54) is 11.6 Å². The van der Waals surface area contributed by atoms with Crippen molar-refractivity contribution in [3.63, 3.8) is 0 Å². The number of nitrogen functional groups attached to an aromatic ring is 1. The van der Waals surface area contributed by atoms with Gasteiger partial charge < -0.3 is 10.5 Å². The van der Waals surface area contributed by atoms with Crippen LogP contribution in [-0.4, -0.2) is 27.9 Å². The van der Waals surface area contributed by atoms with Gasteiger partial charge in [-0.25, -0.2) is 4.79 Å². The van der Waals surface area contributed by atoms with Gasteiger partial charge in [-0.15, -0.1) is 5.10 Å². The van der Waals surface area contributed by atoms with Crippen LogP contribution in [0.15, 0.2) is 54.6 Å². The summed E-state index contributed by atoms with van der Waals surface area (Å²) in [6.07, 6.45) is 0. The first-order valence-electron chi connectivity index (χ1n) is 7.41. The number of methoxy groups -OCH3 is 1. The molecule has 0 saturated heterocycles. The molecule has 0 radical (unpaired) electrons. The third kappa shape index (κ3) is 1.93. The third-order valence-corrected chi connectivity index (χ3v) is 4.04. The molecule has 0 atom stereocenters. The zero-order chi connectivity index (χ0) is 16.7. The van der Waals surface area contributed by atoms with Crippen LogP contribution in [0.4, 0.5) is 5.82 Å². The van der Waals surface area contributed by atoms with Gasteiger partial charge in [0.05, 0.1) is 7.11 Å². The van der Waals surface area contributed by atoms with E-state index in [0.29, 0.717) is 10.9 Å². The van der Waals surface area contributed by atoms with Crippen molar-refractivity contribution in [2.45, 2.75) is 0 Å². The maximum atomic E-state index is 12.2. The fourth-order valence-electron chi connectivity index (χ4n) is 2.95. The summed E-state index contributed by atoms with van der Waals surface area (Å²) in [6, 6.07) is 17.3. The molecule has 0 aliphatic rings. The number of hydrogen-bond acceptors (Lipinski definition) is 5. The van der Waals surface area contributed by atoms with Crippen LogP contribution in [0.25, 0.3) is 27.5 Å². The minimum atomic E-state index is -0.498. The summed E-state index contributed by atoms with van der Waals surface area (Å²) < 4.78 is 6.38. The van der Waals surface area contributed by atoms with Gasteiger partial charge in [0.1, 0.15) is 22.6 Å². The number of rotatable bonds is 2. The van der Waals surface area contributed by atoms with Gasteiger partial charge in [-0.05, 0) is 0 Å². The Hall–Kier alpha value is -3.41. The topological polar surface area (TPSA) is 82.5 Å². The molecule has 0 saturated carbocycles. The second kappa shape index (κ2) is 5.34. The Kier molecular flexibility index (Phi) is 3.16. The van der Waals surface area contributed by atoms with Crippen LogP contribution in [0.1, 0.15) is 10.4 Å². The molecule has 2 N–H and O–H groups in total. The van der Waals surface area contributed by atoms with E-state index in [1.54, 1.807) is 0 Å². The molecule has 0 spiro atoms. The quantitative estimate of drug-likeness (QED) is 0.575.